The van der Waals surface area contributed by atoms with Gasteiger partial charge >= 0.3 is 0 Å². The number of ether oxygens (including phenoxy) is 5. The number of benzene rings is 4. The quantitative estimate of drug-likeness (QED) is 0.156. The minimum Gasteiger partial charge on any atom is -0.374 e. The van der Waals surface area contributed by atoms with Crippen molar-refractivity contribution in [1.82, 2.24) is 0 Å². The van der Waals surface area contributed by atoms with E-state index in [9.17, 15) is 4.21 Å². The Bertz CT molecular complexity index is 1360. The molecule has 1 unspecified atom stereocenters. The van der Waals surface area contributed by atoms with Gasteiger partial charge < -0.3 is 23.7 Å². The Balaban J connectivity index is 1.43. The molecule has 226 valence electrons. The van der Waals surface area contributed by atoms with Gasteiger partial charge in [0.2, 0.25) is 0 Å². The molecule has 0 N–H and O–H groups in total. The Morgan fingerprint density at radius 2 is 0.953 bits per heavy atom. The van der Waals surface area contributed by atoms with Crippen molar-refractivity contribution < 1.29 is 27.9 Å². The van der Waals surface area contributed by atoms with Crippen LogP contribution in [0.5, 0.6) is 0 Å². The van der Waals surface area contributed by atoms with E-state index in [-0.39, 0.29) is 6.61 Å². The Kier molecular flexibility index (Phi) is 12.1. The minimum absolute atomic E-state index is 0.252. The van der Waals surface area contributed by atoms with E-state index in [4.69, 9.17) is 23.7 Å². The monoisotopic (exact) mass is 600 g/mol. The average Bonchev–Trinajstić information content (AvgIpc) is 3.07. The topological polar surface area (TPSA) is 63.2 Å². The summed E-state index contributed by atoms with van der Waals surface area (Å²) in [5.74, 6) is 0.425. The lowest BCUT2D eigenvalue weighted by Crippen LogP contribution is -2.62. The van der Waals surface area contributed by atoms with Crippen LogP contribution in [0, 0.1) is 0 Å². The lowest BCUT2D eigenvalue weighted by atomic mass is 9.98. The highest BCUT2D eigenvalue weighted by Crippen LogP contribution is 2.32. The second kappa shape index (κ2) is 16.6. The van der Waals surface area contributed by atoms with Gasteiger partial charge in [-0.3, -0.25) is 4.21 Å². The van der Waals surface area contributed by atoms with Gasteiger partial charge in [-0.2, -0.15) is 0 Å². The summed E-state index contributed by atoms with van der Waals surface area (Å²) in [5.41, 5.74) is 3.43. The maximum atomic E-state index is 13.5. The van der Waals surface area contributed by atoms with Gasteiger partial charge in [0.25, 0.3) is 0 Å². The van der Waals surface area contributed by atoms with Gasteiger partial charge in [-0.1, -0.05) is 128 Å². The largest absolute Gasteiger partial charge is 0.374 e. The molecule has 0 aromatic heterocycles. The number of hydrogen-bond acceptors (Lipinski definition) is 6. The molecule has 0 bridgehead atoms. The molecule has 0 spiro atoms. The molecule has 1 aliphatic rings. The van der Waals surface area contributed by atoms with Crippen molar-refractivity contribution in [3.05, 3.63) is 144 Å². The molecule has 7 heteroatoms. The molecule has 0 radical (unpaired) electrons. The van der Waals surface area contributed by atoms with Crippen molar-refractivity contribution >= 4 is 10.8 Å². The predicted octanol–water partition coefficient (Wildman–Crippen LogP) is 6.45. The molecule has 0 saturated carbocycles. The van der Waals surface area contributed by atoms with Gasteiger partial charge in [0.1, 0.15) is 24.4 Å². The van der Waals surface area contributed by atoms with E-state index in [1.54, 1.807) is 0 Å². The fourth-order valence-corrected chi connectivity index (χ4v) is 6.25. The molecule has 6 nitrogen and oxygen atoms in total. The van der Waals surface area contributed by atoms with Gasteiger partial charge in [0.05, 0.1) is 43.8 Å². The van der Waals surface area contributed by atoms with E-state index in [1.807, 2.05) is 128 Å². The molecule has 4 aromatic carbocycles. The highest BCUT2D eigenvalue weighted by molar-refractivity contribution is 7.85. The first-order valence-corrected chi connectivity index (χ1v) is 16.2. The van der Waals surface area contributed by atoms with Crippen LogP contribution in [-0.4, -0.2) is 46.4 Å². The van der Waals surface area contributed by atoms with E-state index in [0.29, 0.717) is 32.2 Å². The van der Waals surface area contributed by atoms with E-state index in [1.165, 1.54) is 0 Å². The van der Waals surface area contributed by atoms with Crippen LogP contribution in [0.15, 0.2) is 121 Å². The molecule has 5 rings (SSSR count). The molecule has 1 saturated heterocycles. The van der Waals surface area contributed by atoms with Crippen molar-refractivity contribution in [2.45, 2.75) is 63.2 Å². The Morgan fingerprint density at radius 1 is 0.558 bits per heavy atom. The zero-order chi connectivity index (χ0) is 29.7. The first kappa shape index (κ1) is 31.3. The Labute approximate surface area is 257 Å². The van der Waals surface area contributed by atoms with E-state index in [2.05, 4.69) is 0 Å². The van der Waals surface area contributed by atoms with Gasteiger partial charge in [-0.25, -0.2) is 0 Å². The number of hydrogen-bond donors (Lipinski definition) is 0. The summed E-state index contributed by atoms with van der Waals surface area (Å²) in [6, 6.07) is 40.0. The minimum atomic E-state index is -1.33. The number of rotatable bonds is 15. The lowest BCUT2D eigenvalue weighted by Gasteiger charge is -2.45. The summed E-state index contributed by atoms with van der Waals surface area (Å²) in [6.45, 7) is 3.62. The third-order valence-corrected chi connectivity index (χ3v) is 8.85. The standard InChI is InChI=1S/C36H40O6S/c1-2-43(37)36-35(41-26-31-21-13-6-14-22-31)34(40-25-30-19-11-5-12-20-30)33(39-24-29-17-9-4-10-18-29)32(42-36)27-38-23-28-15-7-3-8-16-28/h3-22,32-36H,2,23-27H2,1H3/t32-,33-,34+,35-,36+,43?/m1/s1. The van der Waals surface area contributed by atoms with Crippen LogP contribution in [0.25, 0.3) is 0 Å². The predicted molar refractivity (Wildman–Crippen MR) is 168 cm³/mol. The van der Waals surface area contributed by atoms with Crippen LogP contribution in [0.2, 0.25) is 0 Å². The fraction of sp³-hybridized carbons (Fsp3) is 0.333. The van der Waals surface area contributed by atoms with Gasteiger partial charge in [-0.05, 0) is 22.3 Å². The molecule has 0 aliphatic carbocycles. The highest BCUT2D eigenvalue weighted by Gasteiger charge is 2.50. The van der Waals surface area contributed by atoms with Crippen LogP contribution < -0.4 is 0 Å². The molecule has 1 aliphatic heterocycles. The maximum absolute atomic E-state index is 13.5. The van der Waals surface area contributed by atoms with Crippen molar-refractivity contribution in [3.63, 3.8) is 0 Å². The van der Waals surface area contributed by atoms with Crippen LogP contribution >= 0.6 is 0 Å². The zero-order valence-corrected chi connectivity index (χ0v) is 25.4. The van der Waals surface area contributed by atoms with Crippen LogP contribution in [0.1, 0.15) is 29.2 Å². The normalized spacial score (nSPS) is 22.7. The summed E-state index contributed by atoms with van der Waals surface area (Å²) in [7, 11) is -1.33. The van der Waals surface area contributed by atoms with Gasteiger partial charge in [0.15, 0.2) is 5.44 Å². The van der Waals surface area contributed by atoms with Gasteiger partial charge in [-0.15, -0.1) is 0 Å². The molecule has 0 amide bonds. The van der Waals surface area contributed by atoms with E-state index >= 15 is 0 Å². The van der Waals surface area contributed by atoms with Gasteiger partial charge in [0, 0.05) is 5.75 Å². The first-order valence-electron chi connectivity index (χ1n) is 14.8. The molecule has 6 atom stereocenters. The molecular formula is C36H40O6S. The van der Waals surface area contributed by atoms with Crippen LogP contribution in [-0.2, 0) is 60.9 Å². The molecular weight excluding hydrogens is 560 g/mol. The lowest BCUT2D eigenvalue weighted by molar-refractivity contribution is -0.255. The Hall–Kier alpha value is -3.17. The summed E-state index contributed by atoms with van der Waals surface area (Å²) in [5, 5.41) is 0. The smallest absolute Gasteiger partial charge is 0.161 e. The maximum Gasteiger partial charge on any atom is 0.161 e. The molecule has 1 fully saturated rings. The highest BCUT2D eigenvalue weighted by atomic mass is 32.2. The SMILES string of the molecule is CCS(=O)[C@@H]1O[C@H](COCc2ccccc2)[C@@H](OCc2ccccc2)[C@H](OCc2ccccc2)[C@H]1OCc1ccccc1. The second-order valence-corrected chi connectivity index (χ2v) is 12.3. The van der Waals surface area contributed by atoms with Crippen molar-refractivity contribution in [3.8, 4) is 0 Å². The van der Waals surface area contributed by atoms with Crippen molar-refractivity contribution in [2.24, 2.45) is 0 Å². The first-order chi connectivity index (χ1) is 21.2. The molecule has 1 heterocycles. The molecule has 43 heavy (non-hydrogen) atoms. The van der Waals surface area contributed by atoms with Crippen molar-refractivity contribution in [1.29, 1.82) is 0 Å². The van der Waals surface area contributed by atoms with Crippen LogP contribution in [0.3, 0.4) is 0 Å². The summed E-state index contributed by atoms with van der Waals surface area (Å²) >= 11 is 0. The third kappa shape index (κ3) is 9.16. The van der Waals surface area contributed by atoms with E-state index < -0.39 is 40.7 Å². The fourth-order valence-electron chi connectivity index (χ4n) is 5.12. The van der Waals surface area contributed by atoms with Crippen molar-refractivity contribution in [2.75, 3.05) is 12.4 Å². The molecule has 4 aromatic rings. The average molecular weight is 601 g/mol. The summed E-state index contributed by atoms with van der Waals surface area (Å²) < 4.78 is 46.1. The third-order valence-electron chi connectivity index (χ3n) is 7.38. The van der Waals surface area contributed by atoms with E-state index in [0.717, 1.165) is 22.3 Å². The zero-order valence-electron chi connectivity index (χ0n) is 24.5. The summed E-state index contributed by atoms with van der Waals surface area (Å²) in [4.78, 5) is 0. The Morgan fingerprint density at radius 3 is 1.40 bits per heavy atom. The summed E-state index contributed by atoms with van der Waals surface area (Å²) in [6.07, 6.45) is -2.25. The van der Waals surface area contributed by atoms with Crippen LogP contribution in [0.4, 0.5) is 0 Å². The second-order valence-electron chi connectivity index (χ2n) is 10.5.